The molecule has 198 valence electrons. The molecule has 9 heteroatoms. The molecule has 4 amide bonds. The van der Waals surface area contributed by atoms with Crippen LogP contribution < -0.4 is 16.0 Å². The van der Waals surface area contributed by atoms with Crippen LogP contribution in [0, 0.1) is 0 Å². The van der Waals surface area contributed by atoms with Crippen molar-refractivity contribution in [3.63, 3.8) is 0 Å². The van der Waals surface area contributed by atoms with Crippen LogP contribution in [-0.2, 0) is 9.59 Å². The van der Waals surface area contributed by atoms with E-state index in [0.29, 0.717) is 30.1 Å². The van der Waals surface area contributed by atoms with Crippen molar-refractivity contribution in [1.82, 2.24) is 20.5 Å². The molecule has 0 radical (unpaired) electrons. The van der Waals surface area contributed by atoms with Crippen LogP contribution in [-0.4, -0.2) is 46.4 Å². The molecule has 2 aromatic carbocycles. The minimum atomic E-state index is -0.877. The van der Waals surface area contributed by atoms with E-state index in [1.54, 1.807) is 4.90 Å². The van der Waals surface area contributed by atoms with Gasteiger partial charge in [0.05, 0.1) is 5.69 Å². The van der Waals surface area contributed by atoms with Gasteiger partial charge in [-0.2, -0.15) is 0 Å². The highest BCUT2D eigenvalue weighted by atomic mass is 32.1. The van der Waals surface area contributed by atoms with Gasteiger partial charge in [0.25, 0.3) is 5.91 Å². The summed E-state index contributed by atoms with van der Waals surface area (Å²) in [5, 5.41) is 11.3. The summed E-state index contributed by atoms with van der Waals surface area (Å²) in [5.41, 5.74) is 2.46. The van der Waals surface area contributed by atoms with E-state index in [4.69, 9.17) is 0 Å². The minimum absolute atomic E-state index is 0.125. The molecule has 1 aliphatic heterocycles. The number of carbonyl (C=O) groups is 3. The van der Waals surface area contributed by atoms with Crippen molar-refractivity contribution < 1.29 is 14.4 Å². The Labute approximate surface area is 226 Å². The van der Waals surface area contributed by atoms with Crippen molar-refractivity contribution in [2.24, 2.45) is 0 Å². The van der Waals surface area contributed by atoms with Gasteiger partial charge >= 0.3 is 6.03 Å². The van der Waals surface area contributed by atoms with E-state index in [1.165, 1.54) is 17.8 Å². The molecule has 2 fully saturated rings. The number of benzene rings is 2. The Hall–Kier alpha value is -3.72. The second-order valence-corrected chi connectivity index (χ2v) is 10.7. The maximum absolute atomic E-state index is 13.8. The Morgan fingerprint density at radius 2 is 1.61 bits per heavy atom. The number of thiazole rings is 1. The number of hydrogen-bond donors (Lipinski definition) is 3. The highest BCUT2D eigenvalue weighted by molar-refractivity contribution is 7.14. The molecule has 1 aliphatic carbocycles. The quantitative estimate of drug-likeness (QED) is 0.394. The number of rotatable bonds is 7. The lowest BCUT2D eigenvalue weighted by Gasteiger charge is -2.30. The number of nitrogens with one attached hydrogen (secondary N) is 3. The average Bonchev–Trinajstić information content (AvgIpc) is 3.63. The second kappa shape index (κ2) is 12.2. The van der Waals surface area contributed by atoms with Gasteiger partial charge in [-0.3, -0.25) is 9.59 Å². The third-order valence-electron chi connectivity index (χ3n) is 7.24. The molecular weight excluding hydrogens is 498 g/mol. The van der Waals surface area contributed by atoms with Gasteiger partial charge in [0.15, 0.2) is 5.13 Å². The van der Waals surface area contributed by atoms with Crippen LogP contribution in [0.1, 0.15) is 56.6 Å². The fourth-order valence-electron chi connectivity index (χ4n) is 5.27. The molecule has 2 heterocycles. The fraction of sp³-hybridized carbons (Fsp3) is 0.379. The summed E-state index contributed by atoms with van der Waals surface area (Å²) >= 11 is 1.36. The number of urea groups is 1. The number of hydrogen-bond acceptors (Lipinski definition) is 5. The van der Waals surface area contributed by atoms with Gasteiger partial charge in [0.1, 0.15) is 12.1 Å². The molecule has 8 nitrogen and oxygen atoms in total. The third kappa shape index (κ3) is 6.22. The number of anilines is 1. The van der Waals surface area contributed by atoms with Crippen molar-refractivity contribution in [2.75, 3.05) is 11.9 Å². The van der Waals surface area contributed by atoms with Crippen LogP contribution >= 0.6 is 11.3 Å². The molecule has 5 rings (SSSR count). The highest BCUT2D eigenvalue weighted by Crippen LogP contribution is 2.28. The van der Waals surface area contributed by atoms with Gasteiger partial charge in [0, 0.05) is 23.5 Å². The van der Waals surface area contributed by atoms with E-state index >= 15 is 0 Å². The first-order chi connectivity index (χ1) is 18.6. The van der Waals surface area contributed by atoms with Gasteiger partial charge in [-0.15, -0.1) is 11.3 Å². The predicted molar refractivity (Wildman–Crippen MR) is 149 cm³/mol. The summed E-state index contributed by atoms with van der Waals surface area (Å²) in [6.45, 7) is 0.458. The monoisotopic (exact) mass is 531 g/mol. The molecule has 0 bridgehead atoms. The Kier molecular flexibility index (Phi) is 8.33. The standard InChI is InChI=1S/C29H33N5O3S/c35-26(33-29-31-23(19-38-29)20-11-4-1-5-12-20)24-17-10-18-34(24)27(36)25(21-13-6-2-7-14-21)32-28(37)30-22-15-8-3-9-16-22/h1-2,4-7,11-14,19,22,24-25H,3,8-10,15-18H2,(H2,30,32,37)(H,31,33,35)/t24-,25+/m0/s1. The molecular formula is C29H33N5O3S. The smallest absolute Gasteiger partial charge is 0.315 e. The molecule has 3 N–H and O–H groups in total. The Morgan fingerprint density at radius 3 is 2.34 bits per heavy atom. The lowest BCUT2D eigenvalue weighted by molar-refractivity contribution is -0.138. The largest absolute Gasteiger partial charge is 0.335 e. The molecule has 0 spiro atoms. The number of amides is 4. The number of likely N-dealkylation sites (tertiary alicyclic amines) is 1. The van der Waals surface area contributed by atoms with E-state index in [2.05, 4.69) is 20.9 Å². The highest BCUT2D eigenvalue weighted by Gasteiger charge is 2.38. The lowest BCUT2D eigenvalue weighted by atomic mass is 9.96. The van der Waals surface area contributed by atoms with Crippen molar-refractivity contribution in [3.05, 3.63) is 71.6 Å². The first kappa shape index (κ1) is 25.9. The first-order valence-corrected chi connectivity index (χ1v) is 14.2. The predicted octanol–water partition coefficient (Wildman–Crippen LogP) is 5.11. The fourth-order valence-corrected chi connectivity index (χ4v) is 5.99. The van der Waals surface area contributed by atoms with Crippen LogP contribution in [0.4, 0.5) is 9.93 Å². The molecule has 3 aromatic rings. The summed E-state index contributed by atoms with van der Waals surface area (Å²) in [5.74, 6) is -0.542. The summed E-state index contributed by atoms with van der Waals surface area (Å²) in [6.07, 6.45) is 6.57. The van der Waals surface area contributed by atoms with Crippen molar-refractivity contribution in [3.8, 4) is 11.3 Å². The Bertz CT molecular complexity index is 1240. The normalized spacial score (nSPS) is 18.5. The van der Waals surface area contributed by atoms with Gasteiger partial charge in [-0.05, 0) is 31.2 Å². The van der Waals surface area contributed by atoms with Crippen molar-refractivity contribution >= 4 is 34.3 Å². The second-order valence-electron chi connectivity index (χ2n) is 9.88. The Balaban J connectivity index is 1.28. The summed E-state index contributed by atoms with van der Waals surface area (Å²) in [6, 6.07) is 17.3. The zero-order valence-electron chi connectivity index (χ0n) is 21.3. The van der Waals surface area contributed by atoms with Gasteiger partial charge in [-0.1, -0.05) is 79.9 Å². The Morgan fingerprint density at radius 1 is 0.895 bits per heavy atom. The van der Waals surface area contributed by atoms with E-state index < -0.39 is 12.1 Å². The molecule has 1 aromatic heterocycles. The first-order valence-electron chi connectivity index (χ1n) is 13.3. The number of nitrogens with zero attached hydrogens (tertiary/aromatic N) is 2. The van der Waals surface area contributed by atoms with Crippen LogP contribution in [0.15, 0.2) is 66.0 Å². The van der Waals surface area contributed by atoms with Gasteiger partial charge in [0.2, 0.25) is 5.91 Å². The van der Waals surface area contributed by atoms with E-state index in [-0.39, 0.29) is 23.9 Å². The zero-order valence-corrected chi connectivity index (χ0v) is 22.1. The molecule has 2 atom stereocenters. The number of aromatic nitrogens is 1. The molecule has 1 saturated heterocycles. The van der Waals surface area contributed by atoms with Crippen molar-refractivity contribution in [2.45, 2.75) is 63.1 Å². The van der Waals surface area contributed by atoms with Crippen molar-refractivity contribution in [1.29, 1.82) is 0 Å². The summed E-state index contributed by atoms with van der Waals surface area (Å²) in [7, 11) is 0. The van der Waals surface area contributed by atoms with Gasteiger partial charge in [-0.25, -0.2) is 9.78 Å². The summed E-state index contributed by atoms with van der Waals surface area (Å²) in [4.78, 5) is 46.2. The third-order valence-corrected chi connectivity index (χ3v) is 8.00. The topological polar surface area (TPSA) is 103 Å². The van der Waals surface area contributed by atoms with E-state index in [1.807, 2.05) is 66.0 Å². The summed E-state index contributed by atoms with van der Waals surface area (Å²) < 4.78 is 0. The average molecular weight is 532 g/mol. The molecule has 2 aliphatic rings. The lowest BCUT2D eigenvalue weighted by Crippen LogP contribution is -2.51. The van der Waals surface area contributed by atoms with E-state index in [9.17, 15) is 14.4 Å². The van der Waals surface area contributed by atoms with Crippen LogP contribution in [0.25, 0.3) is 11.3 Å². The number of carbonyl (C=O) groups excluding carboxylic acids is 3. The SMILES string of the molecule is O=C(NC1CCCCC1)N[C@@H](C(=O)N1CCC[C@H]1C(=O)Nc1nc(-c2ccccc2)cs1)c1ccccc1. The maximum atomic E-state index is 13.8. The van der Waals surface area contributed by atoms with Crippen LogP contribution in [0.3, 0.4) is 0 Å². The maximum Gasteiger partial charge on any atom is 0.315 e. The molecule has 38 heavy (non-hydrogen) atoms. The molecule has 1 saturated carbocycles. The zero-order chi connectivity index (χ0) is 26.3. The minimum Gasteiger partial charge on any atom is -0.335 e. The van der Waals surface area contributed by atoms with Gasteiger partial charge < -0.3 is 20.9 Å². The van der Waals surface area contributed by atoms with E-state index in [0.717, 1.165) is 36.9 Å². The van der Waals surface area contributed by atoms with Crippen LogP contribution in [0.2, 0.25) is 0 Å². The molecule has 0 unspecified atom stereocenters. The van der Waals surface area contributed by atoms with Crippen LogP contribution in [0.5, 0.6) is 0 Å².